The largest absolute Gasteiger partial charge is 0.455 e. The Bertz CT molecular complexity index is 1140. The van der Waals surface area contributed by atoms with Crippen molar-refractivity contribution in [3.63, 3.8) is 0 Å². The maximum atomic E-state index is 12.3. The summed E-state index contributed by atoms with van der Waals surface area (Å²) in [5.74, 6) is 1.01. The molecule has 0 saturated carbocycles. The standard InChI is InChI=1S/C23H26N6O4/c1-3-18-20(33-17-6-9-24-19(12-17)16-13-25-29(2)14-16)4-5-21(26-18)27-23(31)28-22(30)15-7-10-32-11-8-15/h4-6,9,12-15H,3,7-8,10-11H2,1-2H3,(H2,26,27,28,30,31). The number of nitrogens with one attached hydrogen (secondary N) is 2. The Hall–Kier alpha value is -3.79. The maximum absolute atomic E-state index is 12.3. The molecule has 0 spiro atoms. The summed E-state index contributed by atoms with van der Waals surface area (Å²) in [6.07, 6.45) is 7.11. The molecular weight excluding hydrogens is 424 g/mol. The molecule has 1 aliphatic heterocycles. The van der Waals surface area contributed by atoms with Crippen molar-refractivity contribution < 1.29 is 19.1 Å². The molecule has 1 saturated heterocycles. The van der Waals surface area contributed by atoms with E-state index in [1.54, 1.807) is 35.3 Å². The first kappa shape index (κ1) is 22.4. The van der Waals surface area contributed by atoms with Gasteiger partial charge in [0.15, 0.2) is 0 Å². The summed E-state index contributed by atoms with van der Waals surface area (Å²) in [6.45, 7) is 3.01. The van der Waals surface area contributed by atoms with E-state index in [0.29, 0.717) is 55.5 Å². The van der Waals surface area contributed by atoms with Gasteiger partial charge in [-0.2, -0.15) is 5.10 Å². The molecule has 3 amide bonds. The minimum absolute atomic E-state index is 0.212. The van der Waals surface area contributed by atoms with Crippen LogP contribution in [-0.2, 0) is 23.0 Å². The van der Waals surface area contributed by atoms with Crippen LogP contribution in [0.2, 0.25) is 0 Å². The second kappa shape index (κ2) is 10.2. The van der Waals surface area contributed by atoms with Gasteiger partial charge < -0.3 is 9.47 Å². The van der Waals surface area contributed by atoms with E-state index in [4.69, 9.17) is 9.47 Å². The van der Waals surface area contributed by atoms with Gasteiger partial charge in [0.05, 0.1) is 17.6 Å². The Morgan fingerprint density at radius 2 is 2.06 bits per heavy atom. The number of aryl methyl sites for hydroxylation is 2. The van der Waals surface area contributed by atoms with Crippen LogP contribution < -0.4 is 15.4 Å². The van der Waals surface area contributed by atoms with E-state index in [9.17, 15) is 9.59 Å². The van der Waals surface area contributed by atoms with E-state index in [-0.39, 0.29) is 11.8 Å². The van der Waals surface area contributed by atoms with Gasteiger partial charge in [-0.25, -0.2) is 9.78 Å². The summed E-state index contributed by atoms with van der Waals surface area (Å²) in [4.78, 5) is 33.3. The molecule has 0 unspecified atom stereocenters. The quantitative estimate of drug-likeness (QED) is 0.591. The van der Waals surface area contributed by atoms with Gasteiger partial charge >= 0.3 is 6.03 Å². The number of amides is 3. The van der Waals surface area contributed by atoms with Gasteiger partial charge in [0.1, 0.15) is 17.3 Å². The van der Waals surface area contributed by atoms with Gasteiger partial charge in [0.2, 0.25) is 5.91 Å². The molecule has 2 N–H and O–H groups in total. The van der Waals surface area contributed by atoms with Crippen molar-refractivity contribution in [2.24, 2.45) is 13.0 Å². The number of imide groups is 1. The van der Waals surface area contributed by atoms with Crippen LogP contribution in [0.5, 0.6) is 11.5 Å². The van der Waals surface area contributed by atoms with Crippen LogP contribution in [0.1, 0.15) is 25.5 Å². The molecule has 10 nitrogen and oxygen atoms in total. The van der Waals surface area contributed by atoms with Gasteiger partial charge in [-0.3, -0.25) is 25.1 Å². The normalized spacial score (nSPS) is 14.0. The minimum Gasteiger partial charge on any atom is -0.455 e. The molecule has 1 fully saturated rings. The highest BCUT2D eigenvalue weighted by Gasteiger charge is 2.23. The summed E-state index contributed by atoms with van der Waals surface area (Å²) in [5, 5.41) is 9.18. The van der Waals surface area contributed by atoms with Crippen LogP contribution in [0.4, 0.5) is 10.6 Å². The fourth-order valence-electron chi connectivity index (χ4n) is 3.54. The summed E-state index contributed by atoms with van der Waals surface area (Å²) < 4.78 is 13.0. The Balaban J connectivity index is 1.41. The molecule has 0 radical (unpaired) electrons. The third-order valence-corrected chi connectivity index (χ3v) is 5.30. The van der Waals surface area contributed by atoms with Gasteiger partial charge in [0.25, 0.3) is 0 Å². The third-order valence-electron chi connectivity index (χ3n) is 5.30. The van der Waals surface area contributed by atoms with Crippen molar-refractivity contribution >= 4 is 17.8 Å². The van der Waals surface area contributed by atoms with Gasteiger partial charge in [0, 0.05) is 50.2 Å². The van der Waals surface area contributed by atoms with E-state index < -0.39 is 6.03 Å². The molecule has 0 atom stereocenters. The highest BCUT2D eigenvalue weighted by atomic mass is 16.5. The number of ether oxygens (including phenoxy) is 2. The topological polar surface area (TPSA) is 120 Å². The first-order valence-electron chi connectivity index (χ1n) is 10.8. The smallest absolute Gasteiger partial charge is 0.327 e. The van der Waals surface area contributed by atoms with E-state index >= 15 is 0 Å². The molecule has 3 aromatic heterocycles. The monoisotopic (exact) mass is 450 g/mol. The average molecular weight is 450 g/mol. The average Bonchev–Trinajstić information content (AvgIpc) is 3.27. The van der Waals surface area contributed by atoms with Crippen molar-refractivity contribution in [1.82, 2.24) is 25.1 Å². The first-order valence-corrected chi connectivity index (χ1v) is 10.8. The van der Waals surface area contributed by atoms with E-state index in [0.717, 1.165) is 11.3 Å². The Morgan fingerprint density at radius 3 is 2.79 bits per heavy atom. The number of pyridine rings is 2. The molecule has 1 aliphatic rings. The number of hydrogen-bond acceptors (Lipinski definition) is 7. The lowest BCUT2D eigenvalue weighted by Gasteiger charge is -2.20. The number of nitrogens with zero attached hydrogens (tertiary/aromatic N) is 4. The van der Waals surface area contributed by atoms with Crippen molar-refractivity contribution in [3.8, 4) is 22.8 Å². The van der Waals surface area contributed by atoms with Crippen molar-refractivity contribution in [2.45, 2.75) is 26.2 Å². The number of anilines is 1. The summed E-state index contributed by atoms with van der Waals surface area (Å²) >= 11 is 0. The molecule has 0 bridgehead atoms. The molecule has 3 aromatic rings. The molecule has 4 rings (SSSR count). The van der Waals surface area contributed by atoms with Gasteiger partial charge in [-0.05, 0) is 37.5 Å². The summed E-state index contributed by atoms with van der Waals surface area (Å²) in [5.41, 5.74) is 2.30. The van der Waals surface area contributed by atoms with Gasteiger partial charge in [-0.1, -0.05) is 6.92 Å². The van der Waals surface area contributed by atoms with Gasteiger partial charge in [-0.15, -0.1) is 0 Å². The Kier molecular flexibility index (Phi) is 6.94. The summed E-state index contributed by atoms with van der Waals surface area (Å²) in [6, 6.07) is 6.37. The second-order valence-corrected chi connectivity index (χ2v) is 7.71. The lowest BCUT2D eigenvalue weighted by molar-refractivity contribution is -0.126. The maximum Gasteiger partial charge on any atom is 0.327 e. The zero-order valence-electron chi connectivity index (χ0n) is 18.6. The lowest BCUT2D eigenvalue weighted by atomic mass is 10.00. The zero-order chi connectivity index (χ0) is 23.2. The zero-order valence-corrected chi connectivity index (χ0v) is 18.6. The molecular formula is C23H26N6O4. The molecule has 10 heteroatoms. The van der Waals surface area contributed by atoms with E-state index in [2.05, 4.69) is 25.7 Å². The lowest BCUT2D eigenvalue weighted by Crippen LogP contribution is -2.40. The molecule has 172 valence electrons. The van der Waals surface area contributed by atoms with E-state index in [1.807, 2.05) is 26.2 Å². The SMILES string of the molecule is CCc1nc(NC(=O)NC(=O)C2CCOCC2)ccc1Oc1ccnc(-c2cnn(C)c2)c1. The van der Waals surface area contributed by atoms with Crippen LogP contribution in [0, 0.1) is 5.92 Å². The van der Waals surface area contributed by atoms with Crippen LogP contribution >= 0.6 is 0 Å². The number of aromatic nitrogens is 4. The number of rotatable bonds is 6. The predicted octanol–water partition coefficient (Wildman–Crippen LogP) is 3.31. The number of hydrogen-bond donors (Lipinski definition) is 2. The van der Waals surface area contributed by atoms with Crippen LogP contribution in [0.25, 0.3) is 11.3 Å². The second-order valence-electron chi connectivity index (χ2n) is 7.71. The molecule has 0 aromatic carbocycles. The first-order chi connectivity index (χ1) is 16.0. The van der Waals surface area contributed by atoms with Crippen LogP contribution in [0.15, 0.2) is 42.9 Å². The third kappa shape index (κ3) is 5.72. The highest BCUT2D eigenvalue weighted by Crippen LogP contribution is 2.28. The fraction of sp³-hybridized carbons (Fsp3) is 0.348. The Labute approximate surface area is 191 Å². The predicted molar refractivity (Wildman–Crippen MR) is 121 cm³/mol. The van der Waals surface area contributed by atoms with Crippen molar-refractivity contribution in [1.29, 1.82) is 0 Å². The number of urea groups is 1. The minimum atomic E-state index is -0.607. The number of carbonyl (C=O) groups excluding carboxylic acids is 2. The molecule has 33 heavy (non-hydrogen) atoms. The summed E-state index contributed by atoms with van der Waals surface area (Å²) in [7, 11) is 1.85. The highest BCUT2D eigenvalue weighted by molar-refractivity contribution is 6.01. The van der Waals surface area contributed by atoms with E-state index in [1.165, 1.54) is 0 Å². The molecule has 0 aliphatic carbocycles. The molecule has 4 heterocycles. The fourth-order valence-corrected chi connectivity index (χ4v) is 3.54. The van der Waals surface area contributed by atoms with Crippen LogP contribution in [-0.4, -0.2) is 44.9 Å². The van der Waals surface area contributed by atoms with Crippen LogP contribution in [0.3, 0.4) is 0 Å². The Morgan fingerprint density at radius 1 is 1.24 bits per heavy atom. The van der Waals surface area contributed by atoms with Crippen molar-refractivity contribution in [3.05, 3.63) is 48.5 Å². The number of carbonyl (C=O) groups is 2. The van der Waals surface area contributed by atoms with Crippen molar-refractivity contribution in [2.75, 3.05) is 18.5 Å².